The van der Waals surface area contributed by atoms with Crippen molar-refractivity contribution in [3.05, 3.63) is 54.0 Å². The molecule has 0 fully saturated rings. The fourth-order valence-electron chi connectivity index (χ4n) is 2.49. The fourth-order valence-corrected chi connectivity index (χ4v) is 2.49. The molecule has 0 bridgehead atoms. The summed E-state index contributed by atoms with van der Waals surface area (Å²) in [6, 6.07) is 9.58. The second kappa shape index (κ2) is 7.94. The molecule has 0 radical (unpaired) electrons. The Morgan fingerprint density at radius 2 is 2.07 bits per heavy atom. The lowest BCUT2D eigenvalue weighted by Crippen LogP contribution is -2.04. The van der Waals surface area contributed by atoms with Gasteiger partial charge in [-0.3, -0.25) is 4.98 Å². The van der Waals surface area contributed by atoms with E-state index in [0.717, 1.165) is 0 Å². The normalized spacial score (nSPS) is 10.9. The Bertz CT molecular complexity index is 942. The van der Waals surface area contributed by atoms with Crippen molar-refractivity contribution < 1.29 is 27.5 Å². The number of hydrogen-bond acceptors (Lipinski definition) is 6. The van der Waals surface area contributed by atoms with Crippen molar-refractivity contribution in [3.63, 3.8) is 0 Å². The van der Waals surface area contributed by atoms with E-state index in [9.17, 15) is 13.6 Å². The molecule has 0 amide bonds. The third kappa shape index (κ3) is 4.11. The van der Waals surface area contributed by atoms with Crippen molar-refractivity contribution >= 4 is 5.97 Å². The van der Waals surface area contributed by atoms with Gasteiger partial charge in [0.25, 0.3) is 0 Å². The van der Waals surface area contributed by atoms with Gasteiger partial charge in [-0.15, -0.1) is 0 Å². The molecule has 140 valence electrons. The predicted molar refractivity (Wildman–Crippen MR) is 92.5 cm³/mol. The van der Waals surface area contributed by atoms with E-state index in [-0.39, 0.29) is 24.0 Å². The van der Waals surface area contributed by atoms with Crippen molar-refractivity contribution in [2.45, 2.75) is 20.5 Å². The summed E-state index contributed by atoms with van der Waals surface area (Å²) in [4.78, 5) is 20.3. The molecule has 2 aromatic heterocycles. The van der Waals surface area contributed by atoms with Gasteiger partial charge >= 0.3 is 12.6 Å². The van der Waals surface area contributed by atoms with E-state index in [0.29, 0.717) is 22.5 Å². The highest BCUT2D eigenvalue weighted by Gasteiger charge is 2.21. The molecule has 27 heavy (non-hydrogen) atoms. The summed E-state index contributed by atoms with van der Waals surface area (Å²) in [6.45, 7) is 0.536. The first-order valence-corrected chi connectivity index (χ1v) is 8.14. The van der Waals surface area contributed by atoms with Crippen LogP contribution >= 0.6 is 0 Å². The first-order valence-electron chi connectivity index (χ1n) is 8.14. The Kier molecular flexibility index (Phi) is 5.44. The highest BCUT2D eigenvalue weighted by atomic mass is 19.3. The van der Waals surface area contributed by atoms with Crippen molar-refractivity contribution in [3.8, 4) is 28.5 Å². The van der Waals surface area contributed by atoms with Crippen molar-refractivity contribution in [2.75, 3.05) is 6.61 Å². The van der Waals surface area contributed by atoms with E-state index in [1.165, 1.54) is 12.1 Å². The number of aromatic nitrogens is 2. The molecule has 0 N–H and O–H groups in total. The summed E-state index contributed by atoms with van der Waals surface area (Å²) >= 11 is 0. The van der Waals surface area contributed by atoms with Gasteiger partial charge in [0.15, 0.2) is 0 Å². The maximum absolute atomic E-state index is 12.7. The lowest BCUT2D eigenvalue weighted by molar-refractivity contribution is -0.0494. The Labute approximate surface area is 153 Å². The topological polar surface area (TPSA) is 74.5 Å². The summed E-state index contributed by atoms with van der Waals surface area (Å²) in [6.07, 6.45) is 1.54. The number of carbonyl (C=O) groups excluding carboxylic acids is 1. The maximum Gasteiger partial charge on any atom is 0.387 e. The Hall–Kier alpha value is -3.29. The highest BCUT2D eigenvalue weighted by molar-refractivity contribution is 5.88. The highest BCUT2D eigenvalue weighted by Crippen LogP contribution is 2.34. The van der Waals surface area contributed by atoms with Gasteiger partial charge in [-0.1, -0.05) is 6.07 Å². The third-order valence-corrected chi connectivity index (χ3v) is 3.64. The number of esters is 1. The Balaban J connectivity index is 2.05. The van der Waals surface area contributed by atoms with E-state index < -0.39 is 12.6 Å². The first-order chi connectivity index (χ1) is 13.0. The quantitative estimate of drug-likeness (QED) is 0.592. The molecular formula is C19H16F2N2O4. The third-order valence-electron chi connectivity index (χ3n) is 3.64. The number of pyridine rings is 1. The fraction of sp³-hybridized carbons (Fsp3) is 0.211. The van der Waals surface area contributed by atoms with Gasteiger partial charge in [-0.05, 0) is 44.2 Å². The molecule has 8 heteroatoms. The van der Waals surface area contributed by atoms with Crippen molar-refractivity contribution in [2.24, 2.45) is 0 Å². The predicted octanol–water partition coefficient (Wildman–Crippen LogP) is 4.49. The van der Waals surface area contributed by atoms with Gasteiger partial charge in [0, 0.05) is 17.3 Å². The number of alkyl halides is 2. The monoisotopic (exact) mass is 374 g/mol. The largest absolute Gasteiger partial charge is 0.460 e. The minimum Gasteiger partial charge on any atom is -0.460 e. The van der Waals surface area contributed by atoms with Crippen LogP contribution in [0, 0.1) is 6.92 Å². The molecule has 0 saturated heterocycles. The van der Waals surface area contributed by atoms with Crippen molar-refractivity contribution in [1.29, 1.82) is 0 Å². The first kappa shape index (κ1) is 18.5. The second-order valence-corrected chi connectivity index (χ2v) is 5.46. The van der Waals surface area contributed by atoms with Gasteiger partial charge in [0.2, 0.25) is 11.7 Å². The summed E-state index contributed by atoms with van der Waals surface area (Å²) in [5, 5.41) is 0. The zero-order valence-corrected chi connectivity index (χ0v) is 14.6. The van der Waals surface area contributed by atoms with Gasteiger partial charge in [-0.25, -0.2) is 9.78 Å². The van der Waals surface area contributed by atoms with Crippen molar-refractivity contribution in [1.82, 2.24) is 9.97 Å². The summed E-state index contributed by atoms with van der Waals surface area (Å²) in [7, 11) is 0. The van der Waals surface area contributed by atoms with E-state index in [2.05, 4.69) is 14.7 Å². The van der Waals surface area contributed by atoms with Crippen LogP contribution in [-0.2, 0) is 4.74 Å². The number of carbonyl (C=O) groups is 1. The lowest BCUT2D eigenvalue weighted by atomic mass is 10.1. The molecule has 0 atom stereocenters. The summed E-state index contributed by atoms with van der Waals surface area (Å²) < 4.78 is 40.5. The minimum atomic E-state index is -2.97. The number of halogens is 2. The molecule has 0 aliphatic carbocycles. The SMILES string of the molecule is CCOC(=O)c1oc(-c2ccc(OC(F)F)c(-c3ccccn3)c2)nc1C. The molecule has 2 heterocycles. The van der Waals surface area contributed by atoms with Crippen LogP contribution in [0.4, 0.5) is 8.78 Å². The second-order valence-electron chi connectivity index (χ2n) is 5.46. The smallest absolute Gasteiger partial charge is 0.387 e. The zero-order valence-electron chi connectivity index (χ0n) is 14.6. The number of ether oxygens (including phenoxy) is 2. The molecule has 3 rings (SSSR count). The van der Waals surface area contributed by atoms with E-state index in [1.54, 1.807) is 44.3 Å². The van der Waals surface area contributed by atoms with Gasteiger partial charge in [0.1, 0.15) is 5.75 Å². The molecule has 0 unspecified atom stereocenters. The number of benzene rings is 1. The zero-order chi connectivity index (χ0) is 19.4. The average molecular weight is 374 g/mol. The van der Waals surface area contributed by atoms with E-state index in [1.807, 2.05) is 0 Å². The molecule has 6 nitrogen and oxygen atoms in total. The van der Waals surface area contributed by atoms with Crippen LogP contribution in [0.15, 0.2) is 47.0 Å². The summed E-state index contributed by atoms with van der Waals surface area (Å²) in [5.41, 5.74) is 1.65. The number of oxazole rings is 1. The average Bonchev–Trinajstić information content (AvgIpc) is 3.04. The van der Waals surface area contributed by atoms with Crippen LogP contribution in [0.25, 0.3) is 22.7 Å². The standard InChI is InChI=1S/C19H16F2N2O4/c1-3-25-18(24)16-11(2)23-17(27-16)12-7-8-15(26-19(20)21)13(10-12)14-6-4-5-9-22-14/h4-10,19H,3H2,1-2H3. The van der Waals surface area contributed by atoms with E-state index >= 15 is 0 Å². The van der Waals surface area contributed by atoms with Gasteiger partial charge < -0.3 is 13.9 Å². The molecule has 1 aromatic carbocycles. The Morgan fingerprint density at radius 1 is 1.26 bits per heavy atom. The van der Waals surface area contributed by atoms with Gasteiger partial charge in [0.05, 0.1) is 18.0 Å². The number of aryl methyl sites for hydroxylation is 1. The number of nitrogens with zero attached hydrogens (tertiary/aromatic N) is 2. The van der Waals surface area contributed by atoms with Crippen LogP contribution < -0.4 is 4.74 Å². The molecule has 3 aromatic rings. The van der Waals surface area contributed by atoms with Gasteiger partial charge in [-0.2, -0.15) is 8.78 Å². The van der Waals surface area contributed by atoms with Crippen LogP contribution in [0.3, 0.4) is 0 Å². The van der Waals surface area contributed by atoms with Crippen LogP contribution in [0.5, 0.6) is 5.75 Å². The lowest BCUT2D eigenvalue weighted by Gasteiger charge is -2.11. The maximum atomic E-state index is 12.7. The molecule has 0 spiro atoms. The molecule has 0 aliphatic rings. The minimum absolute atomic E-state index is 0.000793. The number of rotatable bonds is 6. The Morgan fingerprint density at radius 3 is 2.74 bits per heavy atom. The van der Waals surface area contributed by atoms with E-state index in [4.69, 9.17) is 9.15 Å². The summed E-state index contributed by atoms with van der Waals surface area (Å²) in [5.74, 6) is -0.479. The molecule has 0 saturated carbocycles. The molecular weight excluding hydrogens is 358 g/mol. The van der Waals surface area contributed by atoms with Crippen LogP contribution in [0.2, 0.25) is 0 Å². The number of hydrogen-bond donors (Lipinski definition) is 0. The molecule has 0 aliphatic heterocycles. The van der Waals surface area contributed by atoms with Crippen LogP contribution in [-0.4, -0.2) is 29.2 Å². The van der Waals surface area contributed by atoms with Crippen LogP contribution in [0.1, 0.15) is 23.2 Å².